The second kappa shape index (κ2) is 8.17. The van der Waals surface area contributed by atoms with Crippen molar-refractivity contribution >= 4 is 11.7 Å². The molecule has 0 saturated carbocycles. The molecule has 2 N–H and O–H groups in total. The number of benzene rings is 1. The van der Waals surface area contributed by atoms with Crippen LogP contribution in [-0.4, -0.2) is 37.7 Å². The lowest BCUT2D eigenvalue weighted by Gasteiger charge is -2.33. The topological polar surface area (TPSA) is 68.8 Å². The molecule has 2 amide bonds. The van der Waals surface area contributed by atoms with E-state index in [2.05, 4.69) is 17.6 Å². The summed E-state index contributed by atoms with van der Waals surface area (Å²) >= 11 is 0. The molecule has 128 valence electrons. The fraction of sp³-hybridized carbons (Fsp3) is 0.588. The third-order valence-corrected chi connectivity index (χ3v) is 3.70. The Morgan fingerprint density at radius 3 is 2.57 bits per heavy atom. The molecule has 1 aliphatic heterocycles. The molecule has 0 unspecified atom stereocenters. The van der Waals surface area contributed by atoms with Gasteiger partial charge in [0.1, 0.15) is 5.75 Å². The molecule has 0 spiro atoms. The molecule has 2 rings (SSSR count). The van der Waals surface area contributed by atoms with Crippen molar-refractivity contribution in [3.8, 4) is 5.75 Å². The highest BCUT2D eigenvalue weighted by molar-refractivity contribution is 5.89. The summed E-state index contributed by atoms with van der Waals surface area (Å²) in [5.41, 5.74) is 0.703. The predicted octanol–water partition coefficient (Wildman–Crippen LogP) is 3.14. The molecule has 1 aliphatic rings. The number of hydrogen-bond donors (Lipinski definition) is 2. The number of carbonyl (C=O) groups is 1. The zero-order chi connectivity index (χ0) is 16.7. The molecule has 0 aliphatic carbocycles. The van der Waals surface area contributed by atoms with E-state index in [9.17, 15) is 4.79 Å². The summed E-state index contributed by atoms with van der Waals surface area (Å²) in [7, 11) is 0. The molecule has 1 fully saturated rings. The lowest BCUT2D eigenvalue weighted by molar-refractivity contribution is -0.250. The lowest BCUT2D eigenvalue weighted by Crippen LogP contribution is -2.48. The first-order chi connectivity index (χ1) is 11.0. The summed E-state index contributed by atoms with van der Waals surface area (Å²) in [6, 6.07) is 7.02. The van der Waals surface area contributed by atoms with Crippen LogP contribution in [0, 0.1) is 0 Å². The first-order valence-corrected chi connectivity index (χ1v) is 8.10. The summed E-state index contributed by atoms with van der Waals surface area (Å²) in [4.78, 5) is 11.9. The molecule has 6 nitrogen and oxygen atoms in total. The average Bonchev–Trinajstić information content (AvgIpc) is 2.55. The van der Waals surface area contributed by atoms with Gasteiger partial charge in [-0.15, -0.1) is 0 Å². The summed E-state index contributed by atoms with van der Waals surface area (Å²) < 4.78 is 16.8. The van der Waals surface area contributed by atoms with Gasteiger partial charge in [-0.05, 0) is 51.0 Å². The van der Waals surface area contributed by atoms with E-state index in [0.717, 1.165) is 18.6 Å². The molecule has 1 aromatic rings. The van der Waals surface area contributed by atoms with Crippen LogP contribution in [0.1, 0.15) is 33.6 Å². The quantitative estimate of drug-likeness (QED) is 0.844. The van der Waals surface area contributed by atoms with Crippen LogP contribution in [0.2, 0.25) is 0 Å². The molecule has 0 radical (unpaired) electrons. The molecular formula is C17H26N2O4. The number of rotatable bonds is 6. The Hall–Kier alpha value is -1.79. The van der Waals surface area contributed by atoms with Crippen molar-refractivity contribution in [1.82, 2.24) is 5.32 Å². The van der Waals surface area contributed by atoms with Crippen LogP contribution >= 0.6 is 0 Å². The highest BCUT2D eigenvalue weighted by Gasteiger charge is 2.29. The molecular weight excluding hydrogens is 296 g/mol. The fourth-order valence-corrected chi connectivity index (χ4v) is 2.13. The molecule has 0 aromatic heterocycles. The maximum absolute atomic E-state index is 11.9. The number of nitrogens with one attached hydrogen (secondary N) is 2. The third-order valence-electron chi connectivity index (χ3n) is 3.70. The Morgan fingerprint density at radius 1 is 1.30 bits per heavy atom. The maximum Gasteiger partial charge on any atom is 0.319 e. The van der Waals surface area contributed by atoms with Gasteiger partial charge < -0.3 is 24.8 Å². The van der Waals surface area contributed by atoms with E-state index in [1.807, 2.05) is 38.1 Å². The van der Waals surface area contributed by atoms with Crippen LogP contribution in [0.15, 0.2) is 24.3 Å². The number of anilines is 1. The van der Waals surface area contributed by atoms with Gasteiger partial charge in [-0.1, -0.05) is 6.92 Å². The smallest absolute Gasteiger partial charge is 0.319 e. The molecule has 1 saturated heterocycles. The number of urea groups is 1. The first kappa shape index (κ1) is 17.6. The molecule has 1 heterocycles. The van der Waals surface area contributed by atoms with Crippen molar-refractivity contribution in [1.29, 1.82) is 0 Å². The summed E-state index contributed by atoms with van der Waals surface area (Å²) in [6.45, 7) is 7.52. The second-order valence-corrected chi connectivity index (χ2v) is 5.85. The van der Waals surface area contributed by atoms with Crippen LogP contribution in [0.3, 0.4) is 0 Å². The van der Waals surface area contributed by atoms with E-state index in [1.165, 1.54) is 0 Å². The Kier molecular flexibility index (Phi) is 6.24. The highest BCUT2D eigenvalue weighted by Crippen LogP contribution is 2.18. The predicted molar refractivity (Wildman–Crippen MR) is 88.8 cm³/mol. The first-order valence-electron chi connectivity index (χ1n) is 8.10. The maximum atomic E-state index is 11.9. The van der Waals surface area contributed by atoms with Gasteiger partial charge in [-0.25, -0.2) is 4.79 Å². The standard InChI is InChI=1S/C17H26N2O4/c1-4-13(2)23-15-8-6-14(7-9-15)19-16(20)18-12-17(3)21-10-5-11-22-17/h6-9,13H,4-5,10-12H2,1-3H3,(H2,18,19,20)/t13-/m1/s1. The molecule has 0 bridgehead atoms. The average molecular weight is 322 g/mol. The zero-order valence-corrected chi connectivity index (χ0v) is 14.1. The number of amides is 2. The summed E-state index contributed by atoms with van der Waals surface area (Å²) in [5.74, 6) is 0.0469. The molecule has 6 heteroatoms. The Morgan fingerprint density at radius 2 is 1.96 bits per heavy atom. The van der Waals surface area contributed by atoms with Gasteiger partial charge in [0.2, 0.25) is 0 Å². The van der Waals surface area contributed by atoms with Crippen LogP contribution < -0.4 is 15.4 Å². The summed E-state index contributed by atoms with van der Waals surface area (Å²) in [6.07, 6.45) is 2.01. The molecule has 1 atom stereocenters. The monoisotopic (exact) mass is 322 g/mol. The van der Waals surface area contributed by atoms with Crippen LogP contribution in [0.25, 0.3) is 0 Å². The van der Waals surface area contributed by atoms with Crippen LogP contribution in [0.4, 0.5) is 10.5 Å². The van der Waals surface area contributed by atoms with Crippen molar-refractivity contribution in [2.45, 2.75) is 45.5 Å². The SMILES string of the molecule is CC[C@@H](C)Oc1ccc(NC(=O)NCC2(C)OCCCO2)cc1. The Balaban J connectivity index is 1.78. The Labute approximate surface area is 137 Å². The number of ether oxygens (including phenoxy) is 3. The van der Waals surface area contributed by atoms with Gasteiger partial charge in [0.25, 0.3) is 0 Å². The molecule has 1 aromatic carbocycles. The van der Waals surface area contributed by atoms with Crippen LogP contribution in [-0.2, 0) is 9.47 Å². The van der Waals surface area contributed by atoms with E-state index < -0.39 is 5.79 Å². The molecule has 23 heavy (non-hydrogen) atoms. The van der Waals surface area contributed by atoms with Crippen molar-refractivity contribution in [2.75, 3.05) is 25.1 Å². The Bertz CT molecular complexity index is 498. The number of carbonyl (C=O) groups excluding carboxylic acids is 1. The third kappa shape index (κ3) is 5.73. The van der Waals surface area contributed by atoms with E-state index >= 15 is 0 Å². The van der Waals surface area contributed by atoms with Crippen molar-refractivity contribution in [3.63, 3.8) is 0 Å². The van der Waals surface area contributed by atoms with Crippen LogP contribution in [0.5, 0.6) is 5.75 Å². The van der Waals surface area contributed by atoms with E-state index in [-0.39, 0.29) is 12.1 Å². The van der Waals surface area contributed by atoms with Gasteiger partial charge in [-0.3, -0.25) is 0 Å². The van der Waals surface area contributed by atoms with Gasteiger partial charge in [0.15, 0.2) is 5.79 Å². The van der Waals surface area contributed by atoms with E-state index in [0.29, 0.717) is 25.4 Å². The zero-order valence-electron chi connectivity index (χ0n) is 14.1. The van der Waals surface area contributed by atoms with Crippen molar-refractivity contribution in [2.24, 2.45) is 0 Å². The van der Waals surface area contributed by atoms with E-state index in [4.69, 9.17) is 14.2 Å². The lowest BCUT2D eigenvalue weighted by atomic mass is 10.2. The minimum Gasteiger partial charge on any atom is -0.491 e. The summed E-state index contributed by atoms with van der Waals surface area (Å²) in [5, 5.41) is 5.54. The van der Waals surface area contributed by atoms with Crippen molar-refractivity contribution < 1.29 is 19.0 Å². The minimum absolute atomic E-state index is 0.174. The largest absolute Gasteiger partial charge is 0.491 e. The second-order valence-electron chi connectivity index (χ2n) is 5.85. The van der Waals surface area contributed by atoms with E-state index in [1.54, 1.807) is 0 Å². The number of hydrogen-bond acceptors (Lipinski definition) is 4. The highest BCUT2D eigenvalue weighted by atomic mass is 16.7. The normalized spacial score (nSPS) is 18.0. The van der Waals surface area contributed by atoms with Crippen molar-refractivity contribution in [3.05, 3.63) is 24.3 Å². The fourth-order valence-electron chi connectivity index (χ4n) is 2.13. The van der Waals surface area contributed by atoms with Gasteiger partial charge in [0.05, 0.1) is 25.9 Å². The van der Waals surface area contributed by atoms with Gasteiger partial charge >= 0.3 is 6.03 Å². The minimum atomic E-state index is -0.746. The van der Waals surface area contributed by atoms with Gasteiger partial charge in [-0.2, -0.15) is 0 Å². The van der Waals surface area contributed by atoms with Gasteiger partial charge in [0, 0.05) is 5.69 Å².